The number of alkyl halides is 1. The highest BCUT2D eigenvalue weighted by Gasteiger charge is 2.16. The van der Waals surface area contributed by atoms with E-state index in [0.717, 1.165) is 5.56 Å². The SMILES string of the molecule is Cc1ccc(S(=O)(=O)/N=C(\CC(C)Br)N(C)C)cc1. The molecule has 106 valence electrons. The monoisotopic (exact) mass is 346 g/mol. The molecule has 6 heteroatoms. The van der Waals surface area contributed by atoms with Gasteiger partial charge < -0.3 is 4.90 Å². The molecule has 0 aromatic heterocycles. The highest BCUT2D eigenvalue weighted by Crippen LogP contribution is 2.15. The largest absolute Gasteiger partial charge is 0.365 e. The van der Waals surface area contributed by atoms with Crippen molar-refractivity contribution < 1.29 is 8.42 Å². The van der Waals surface area contributed by atoms with Crippen molar-refractivity contribution in [2.24, 2.45) is 4.40 Å². The van der Waals surface area contributed by atoms with Gasteiger partial charge in [0.15, 0.2) is 0 Å². The van der Waals surface area contributed by atoms with Gasteiger partial charge >= 0.3 is 0 Å². The van der Waals surface area contributed by atoms with Crippen LogP contribution in [-0.4, -0.2) is 38.1 Å². The Balaban J connectivity index is 3.14. The van der Waals surface area contributed by atoms with Gasteiger partial charge in [0.1, 0.15) is 5.84 Å². The second-order valence-electron chi connectivity index (χ2n) is 4.67. The highest BCUT2D eigenvalue weighted by molar-refractivity contribution is 9.09. The zero-order valence-electron chi connectivity index (χ0n) is 11.6. The van der Waals surface area contributed by atoms with E-state index in [9.17, 15) is 8.42 Å². The van der Waals surface area contributed by atoms with Gasteiger partial charge in [-0.3, -0.25) is 0 Å². The Morgan fingerprint density at radius 1 is 1.32 bits per heavy atom. The number of rotatable bonds is 4. The molecule has 0 spiro atoms. The van der Waals surface area contributed by atoms with Gasteiger partial charge in [-0.15, -0.1) is 4.40 Å². The van der Waals surface area contributed by atoms with Gasteiger partial charge in [0.05, 0.1) is 4.90 Å². The third-order valence-electron chi connectivity index (χ3n) is 2.52. The lowest BCUT2D eigenvalue weighted by atomic mass is 10.2. The van der Waals surface area contributed by atoms with Gasteiger partial charge in [-0.2, -0.15) is 8.42 Å². The molecule has 0 aliphatic heterocycles. The number of aryl methyl sites for hydroxylation is 1. The molecule has 1 aromatic rings. The Hall–Kier alpha value is -0.880. The maximum atomic E-state index is 12.2. The molecule has 0 N–H and O–H groups in total. The van der Waals surface area contributed by atoms with Gasteiger partial charge in [-0.1, -0.05) is 40.5 Å². The van der Waals surface area contributed by atoms with Gasteiger partial charge in [0.2, 0.25) is 0 Å². The molecule has 19 heavy (non-hydrogen) atoms. The zero-order valence-corrected chi connectivity index (χ0v) is 14.0. The van der Waals surface area contributed by atoms with E-state index in [4.69, 9.17) is 0 Å². The number of benzene rings is 1. The quantitative estimate of drug-likeness (QED) is 0.478. The second kappa shape index (κ2) is 6.52. The Morgan fingerprint density at radius 2 is 1.84 bits per heavy atom. The molecule has 1 aromatic carbocycles. The topological polar surface area (TPSA) is 49.7 Å². The first-order valence-electron chi connectivity index (χ1n) is 5.94. The fourth-order valence-electron chi connectivity index (χ4n) is 1.45. The molecular formula is C13H19BrN2O2S. The Labute approximate surface area is 123 Å². The van der Waals surface area contributed by atoms with Crippen LogP contribution in [0, 0.1) is 6.92 Å². The summed E-state index contributed by atoms with van der Waals surface area (Å²) in [5.41, 5.74) is 1.02. The van der Waals surface area contributed by atoms with E-state index in [2.05, 4.69) is 20.3 Å². The molecule has 1 unspecified atom stereocenters. The van der Waals surface area contributed by atoms with E-state index >= 15 is 0 Å². The van der Waals surface area contributed by atoms with E-state index < -0.39 is 10.0 Å². The summed E-state index contributed by atoms with van der Waals surface area (Å²) in [6.07, 6.45) is 0.554. The van der Waals surface area contributed by atoms with Crippen LogP contribution in [0.25, 0.3) is 0 Å². The molecule has 0 amide bonds. The van der Waals surface area contributed by atoms with Crippen LogP contribution in [0.1, 0.15) is 18.9 Å². The molecule has 0 radical (unpaired) electrons. The Kier molecular flexibility index (Phi) is 5.55. The molecule has 0 saturated carbocycles. The van der Waals surface area contributed by atoms with Crippen LogP contribution in [0.3, 0.4) is 0 Å². The summed E-state index contributed by atoms with van der Waals surface area (Å²) < 4.78 is 28.4. The molecule has 0 heterocycles. The average molecular weight is 347 g/mol. The molecule has 0 aliphatic rings. The minimum atomic E-state index is -3.64. The zero-order chi connectivity index (χ0) is 14.6. The summed E-state index contributed by atoms with van der Waals surface area (Å²) in [5.74, 6) is 0.532. The Morgan fingerprint density at radius 3 is 2.26 bits per heavy atom. The predicted octanol–water partition coefficient (Wildman–Crippen LogP) is 2.82. The molecule has 0 saturated heterocycles. The van der Waals surface area contributed by atoms with Crippen LogP contribution < -0.4 is 0 Å². The Bertz CT molecular complexity index is 549. The third-order valence-corrected chi connectivity index (χ3v) is 4.17. The van der Waals surface area contributed by atoms with Crippen molar-refractivity contribution in [2.45, 2.75) is 30.0 Å². The van der Waals surface area contributed by atoms with Crippen LogP contribution in [0.15, 0.2) is 33.6 Å². The second-order valence-corrected chi connectivity index (χ2v) is 7.84. The smallest absolute Gasteiger partial charge is 0.283 e. The van der Waals surface area contributed by atoms with E-state index in [1.165, 1.54) is 0 Å². The van der Waals surface area contributed by atoms with Crippen LogP contribution in [0.4, 0.5) is 0 Å². The maximum absolute atomic E-state index is 12.2. The van der Waals surface area contributed by atoms with Crippen molar-refractivity contribution in [1.29, 1.82) is 0 Å². The van der Waals surface area contributed by atoms with Gasteiger partial charge in [-0.05, 0) is 19.1 Å². The molecule has 1 rings (SSSR count). The first kappa shape index (κ1) is 16.2. The predicted molar refractivity (Wildman–Crippen MR) is 82.5 cm³/mol. The standard InChI is InChI=1S/C13H19BrN2O2S/c1-10-5-7-12(8-6-10)19(17,18)15-13(16(3)4)9-11(2)14/h5-8,11H,9H2,1-4H3/b15-13+. The van der Waals surface area contributed by atoms with E-state index in [1.54, 1.807) is 43.3 Å². The summed E-state index contributed by atoms with van der Waals surface area (Å²) in [5, 5.41) is 0. The molecule has 0 bridgehead atoms. The molecule has 0 fully saturated rings. The summed E-state index contributed by atoms with van der Waals surface area (Å²) in [6, 6.07) is 6.70. The lowest BCUT2D eigenvalue weighted by molar-refractivity contribution is 0.585. The molecule has 4 nitrogen and oxygen atoms in total. The van der Waals surface area contributed by atoms with Crippen molar-refractivity contribution in [3.63, 3.8) is 0 Å². The number of amidine groups is 1. The molecular weight excluding hydrogens is 328 g/mol. The summed E-state index contributed by atoms with van der Waals surface area (Å²) >= 11 is 3.41. The van der Waals surface area contributed by atoms with Crippen LogP contribution in [0.5, 0.6) is 0 Å². The number of hydrogen-bond donors (Lipinski definition) is 0. The normalized spacial score (nSPS) is 14.3. The number of halogens is 1. The average Bonchev–Trinajstić information content (AvgIpc) is 2.27. The highest BCUT2D eigenvalue weighted by atomic mass is 79.9. The van der Waals surface area contributed by atoms with Gasteiger partial charge in [0, 0.05) is 25.3 Å². The molecule has 0 aliphatic carbocycles. The summed E-state index contributed by atoms with van der Waals surface area (Å²) in [4.78, 5) is 2.12. The van der Waals surface area contributed by atoms with Gasteiger partial charge in [0.25, 0.3) is 10.0 Å². The lowest BCUT2D eigenvalue weighted by Crippen LogP contribution is -2.25. The van der Waals surface area contributed by atoms with Crippen LogP contribution >= 0.6 is 15.9 Å². The van der Waals surface area contributed by atoms with Crippen molar-refractivity contribution in [1.82, 2.24) is 4.90 Å². The maximum Gasteiger partial charge on any atom is 0.283 e. The van der Waals surface area contributed by atoms with E-state index in [0.29, 0.717) is 12.3 Å². The first-order chi connectivity index (χ1) is 8.72. The number of hydrogen-bond acceptors (Lipinski definition) is 2. The third kappa shape index (κ3) is 4.95. The van der Waals surface area contributed by atoms with E-state index in [1.807, 2.05) is 13.8 Å². The van der Waals surface area contributed by atoms with Crippen LogP contribution in [0.2, 0.25) is 0 Å². The summed E-state index contributed by atoms with van der Waals surface area (Å²) in [7, 11) is -0.0603. The van der Waals surface area contributed by atoms with Crippen molar-refractivity contribution in [3.8, 4) is 0 Å². The van der Waals surface area contributed by atoms with Gasteiger partial charge in [-0.25, -0.2) is 0 Å². The minimum Gasteiger partial charge on any atom is -0.365 e. The summed E-state index contributed by atoms with van der Waals surface area (Å²) in [6.45, 7) is 3.87. The van der Waals surface area contributed by atoms with E-state index in [-0.39, 0.29) is 9.72 Å². The number of sulfonamides is 1. The fraction of sp³-hybridized carbons (Fsp3) is 0.462. The number of nitrogens with zero attached hydrogens (tertiary/aromatic N) is 2. The van der Waals surface area contributed by atoms with Crippen molar-refractivity contribution in [2.75, 3.05) is 14.1 Å². The van der Waals surface area contributed by atoms with Crippen LogP contribution in [-0.2, 0) is 10.0 Å². The van der Waals surface area contributed by atoms with Crippen molar-refractivity contribution in [3.05, 3.63) is 29.8 Å². The fourth-order valence-corrected chi connectivity index (χ4v) is 2.85. The molecule has 1 atom stereocenters. The minimum absolute atomic E-state index is 0.168. The first-order valence-corrected chi connectivity index (χ1v) is 8.30. The van der Waals surface area contributed by atoms with Crippen molar-refractivity contribution >= 4 is 31.8 Å². The lowest BCUT2D eigenvalue weighted by Gasteiger charge is -2.16.